The average molecular weight is 262 g/mol. The van der Waals surface area contributed by atoms with Crippen molar-refractivity contribution in [1.29, 1.82) is 0 Å². The van der Waals surface area contributed by atoms with Crippen LogP contribution in [0.3, 0.4) is 0 Å². The molecule has 0 amide bonds. The number of benzene rings is 1. The number of piperazine rings is 1. The van der Waals surface area contributed by atoms with E-state index in [9.17, 15) is 9.90 Å². The summed E-state index contributed by atoms with van der Waals surface area (Å²) in [7, 11) is 0. The van der Waals surface area contributed by atoms with Crippen LogP contribution in [0.5, 0.6) is 5.75 Å². The van der Waals surface area contributed by atoms with E-state index in [1.54, 1.807) is 24.3 Å². The molecule has 1 unspecified atom stereocenters. The van der Waals surface area contributed by atoms with Crippen LogP contribution in [-0.4, -0.2) is 59.5 Å². The van der Waals surface area contributed by atoms with Gasteiger partial charge in [-0.15, -0.1) is 0 Å². The monoisotopic (exact) mass is 262 g/mol. The molecule has 0 saturated carbocycles. The Balaban J connectivity index is 1.91. The lowest BCUT2D eigenvalue weighted by Gasteiger charge is -2.39. The molecular formula is C15H22N2O2. The number of aromatic hydroxyl groups is 1. The first-order chi connectivity index (χ1) is 9.10. The number of ketones is 1. The number of Topliss-reactive ketones (excluding diaryl/α,β-unsaturated/α-hetero) is 1. The van der Waals surface area contributed by atoms with Gasteiger partial charge in [0, 0.05) is 31.2 Å². The van der Waals surface area contributed by atoms with Gasteiger partial charge in [0.2, 0.25) is 0 Å². The second-order valence-corrected chi connectivity index (χ2v) is 5.18. The summed E-state index contributed by atoms with van der Waals surface area (Å²) in [6.45, 7) is 8.84. The Morgan fingerprint density at radius 3 is 2.58 bits per heavy atom. The highest BCUT2D eigenvalue weighted by atomic mass is 16.3. The van der Waals surface area contributed by atoms with Crippen molar-refractivity contribution < 1.29 is 9.90 Å². The van der Waals surface area contributed by atoms with Crippen LogP contribution in [0.2, 0.25) is 0 Å². The standard InChI is InChI=1S/C15H22N2O2/c1-3-17-9-8-16(10-12(17)2)11-15(19)13-4-6-14(18)7-5-13/h4-7,12,18H,3,8-11H2,1-2H3. The predicted molar refractivity (Wildman–Crippen MR) is 75.6 cm³/mol. The lowest BCUT2D eigenvalue weighted by atomic mass is 10.1. The lowest BCUT2D eigenvalue weighted by Crippen LogP contribution is -2.52. The highest BCUT2D eigenvalue weighted by molar-refractivity contribution is 5.97. The predicted octanol–water partition coefficient (Wildman–Crippen LogP) is 1.60. The zero-order chi connectivity index (χ0) is 13.8. The molecular weight excluding hydrogens is 240 g/mol. The SMILES string of the molecule is CCN1CCN(CC(=O)c2ccc(O)cc2)CC1C. The van der Waals surface area contributed by atoms with Crippen LogP contribution in [-0.2, 0) is 0 Å². The Bertz CT molecular complexity index is 430. The second kappa shape index (κ2) is 6.17. The van der Waals surface area contributed by atoms with Gasteiger partial charge in [-0.2, -0.15) is 0 Å². The highest BCUT2D eigenvalue weighted by Gasteiger charge is 2.23. The summed E-state index contributed by atoms with van der Waals surface area (Å²) < 4.78 is 0. The molecule has 0 aromatic heterocycles. The van der Waals surface area contributed by atoms with Crippen LogP contribution in [0.25, 0.3) is 0 Å². The van der Waals surface area contributed by atoms with Gasteiger partial charge >= 0.3 is 0 Å². The Morgan fingerprint density at radius 1 is 1.32 bits per heavy atom. The molecule has 0 aliphatic carbocycles. The number of carbonyl (C=O) groups excluding carboxylic acids is 1. The summed E-state index contributed by atoms with van der Waals surface area (Å²) in [6, 6.07) is 6.99. The summed E-state index contributed by atoms with van der Waals surface area (Å²) in [5, 5.41) is 9.22. The molecule has 1 atom stereocenters. The van der Waals surface area contributed by atoms with E-state index in [1.165, 1.54) is 0 Å². The van der Waals surface area contributed by atoms with Gasteiger partial charge in [0.15, 0.2) is 5.78 Å². The number of hydrogen-bond acceptors (Lipinski definition) is 4. The molecule has 2 rings (SSSR count). The molecule has 104 valence electrons. The maximum atomic E-state index is 12.1. The summed E-state index contributed by atoms with van der Waals surface area (Å²) in [4.78, 5) is 16.8. The number of nitrogens with zero attached hydrogens (tertiary/aromatic N) is 2. The number of hydrogen-bond donors (Lipinski definition) is 1. The van der Waals surface area contributed by atoms with Gasteiger partial charge in [0.25, 0.3) is 0 Å². The summed E-state index contributed by atoms with van der Waals surface area (Å²) >= 11 is 0. The smallest absolute Gasteiger partial charge is 0.176 e. The number of phenols is 1. The molecule has 19 heavy (non-hydrogen) atoms. The van der Waals surface area contributed by atoms with E-state index in [2.05, 4.69) is 23.6 Å². The van der Waals surface area contributed by atoms with Crippen LogP contribution < -0.4 is 0 Å². The molecule has 0 radical (unpaired) electrons. The number of carbonyl (C=O) groups is 1. The second-order valence-electron chi connectivity index (χ2n) is 5.18. The molecule has 0 spiro atoms. The molecule has 1 heterocycles. The first kappa shape index (κ1) is 14.0. The van der Waals surface area contributed by atoms with Crippen LogP contribution in [0.15, 0.2) is 24.3 Å². The third-order valence-corrected chi connectivity index (χ3v) is 3.81. The van der Waals surface area contributed by atoms with E-state index in [1.807, 2.05) is 0 Å². The normalized spacial score (nSPS) is 21.5. The van der Waals surface area contributed by atoms with Crippen molar-refractivity contribution in [1.82, 2.24) is 9.80 Å². The average Bonchev–Trinajstić information content (AvgIpc) is 2.39. The van der Waals surface area contributed by atoms with Gasteiger partial charge in [-0.1, -0.05) is 6.92 Å². The molecule has 1 aliphatic heterocycles. The van der Waals surface area contributed by atoms with Crippen molar-refractivity contribution in [2.75, 3.05) is 32.7 Å². The van der Waals surface area contributed by atoms with E-state index in [-0.39, 0.29) is 11.5 Å². The molecule has 4 heteroatoms. The molecule has 1 saturated heterocycles. The van der Waals surface area contributed by atoms with Gasteiger partial charge in [-0.05, 0) is 37.7 Å². The Hall–Kier alpha value is -1.39. The topological polar surface area (TPSA) is 43.8 Å². The minimum absolute atomic E-state index is 0.122. The molecule has 0 bridgehead atoms. The fraction of sp³-hybridized carbons (Fsp3) is 0.533. The van der Waals surface area contributed by atoms with E-state index in [4.69, 9.17) is 0 Å². The molecule has 1 aromatic carbocycles. The van der Waals surface area contributed by atoms with Crippen molar-refractivity contribution in [2.45, 2.75) is 19.9 Å². The van der Waals surface area contributed by atoms with E-state index in [0.29, 0.717) is 18.2 Å². The van der Waals surface area contributed by atoms with Crippen molar-refractivity contribution in [3.8, 4) is 5.75 Å². The Labute approximate surface area is 114 Å². The Kier molecular flexibility index (Phi) is 4.56. The Morgan fingerprint density at radius 2 is 2.00 bits per heavy atom. The molecule has 4 nitrogen and oxygen atoms in total. The van der Waals surface area contributed by atoms with Crippen molar-refractivity contribution in [3.63, 3.8) is 0 Å². The van der Waals surface area contributed by atoms with Crippen molar-refractivity contribution >= 4 is 5.78 Å². The zero-order valence-corrected chi connectivity index (χ0v) is 11.7. The quantitative estimate of drug-likeness (QED) is 0.837. The van der Waals surface area contributed by atoms with Gasteiger partial charge in [-0.3, -0.25) is 14.6 Å². The van der Waals surface area contributed by atoms with E-state index < -0.39 is 0 Å². The fourth-order valence-corrected chi connectivity index (χ4v) is 2.63. The minimum atomic E-state index is 0.122. The van der Waals surface area contributed by atoms with Gasteiger partial charge in [0.05, 0.1) is 6.54 Å². The van der Waals surface area contributed by atoms with E-state index >= 15 is 0 Å². The third kappa shape index (κ3) is 3.55. The van der Waals surface area contributed by atoms with Crippen molar-refractivity contribution in [2.24, 2.45) is 0 Å². The van der Waals surface area contributed by atoms with Crippen molar-refractivity contribution in [3.05, 3.63) is 29.8 Å². The van der Waals surface area contributed by atoms with Gasteiger partial charge in [0.1, 0.15) is 5.75 Å². The highest BCUT2D eigenvalue weighted by Crippen LogP contribution is 2.13. The molecule has 1 N–H and O–H groups in total. The third-order valence-electron chi connectivity index (χ3n) is 3.81. The maximum absolute atomic E-state index is 12.1. The first-order valence-electron chi connectivity index (χ1n) is 6.88. The van der Waals surface area contributed by atoms with Crippen LogP contribution in [0.4, 0.5) is 0 Å². The summed E-state index contributed by atoms with van der Waals surface area (Å²) in [5.74, 6) is 0.318. The zero-order valence-electron chi connectivity index (χ0n) is 11.7. The van der Waals surface area contributed by atoms with E-state index in [0.717, 1.165) is 26.2 Å². The summed E-state index contributed by atoms with van der Waals surface area (Å²) in [5.41, 5.74) is 0.670. The lowest BCUT2D eigenvalue weighted by molar-refractivity contribution is 0.0723. The summed E-state index contributed by atoms with van der Waals surface area (Å²) in [6.07, 6.45) is 0. The largest absolute Gasteiger partial charge is 0.508 e. The molecule has 1 fully saturated rings. The number of rotatable bonds is 4. The molecule has 1 aliphatic rings. The maximum Gasteiger partial charge on any atom is 0.176 e. The minimum Gasteiger partial charge on any atom is -0.508 e. The van der Waals surface area contributed by atoms with Crippen LogP contribution in [0.1, 0.15) is 24.2 Å². The van der Waals surface area contributed by atoms with Crippen LogP contribution >= 0.6 is 0 Å². The van der Waals surface area contributed by atoms with Gasteiger partial charge < -0.3 is 5.11 Å². The number of phenolic OH excluding ortho intramolecular Hbond substituents is 1. The fourth-order valence-electron chi connectivity index (χ4n) is 2.63. The van der Waals surface area contributed by atoms with Gasteiger partial charge in [-0.25, -0.2) is 0 Å². The van der Waals surface area contributed by atoms with Crippen LogP contribution in [0, 0.1) is 0 Å². The molecule has 1 aromatic rings. The number of likely N-dealkylation sites (N-methyl/N-ethyl adjacent to an activating group) is 1. The first-order valence-corrected chi connectivity index (χ1v) is 6.88.